The molecule has 0 spiro atoms. The summed E-state index contributed by atoms with van der Waals surface area (Å²) in [5.74, 6) is 2.05. The van der Waals surface area contributed by atoms with Crippen LogP contribution in [0.4, 0.5) is 11.9 Å². The minimum atomic E-state index is 0.320. The highest BCUT2D eigenvalue weighted by Crippen LogP contribution is 2.32. The first kappa shape index (κ1) is 13.7. The van der Waals surface area contributed by atoms with Crippen molar-refractivity contribution in [1.29, 1.82) is 0 Å². The molecule has 21 heavy (non-hydrogen) atoms. The summed E-state index contributed by atoms with van der Waals surface area (Å²) in [6.45, 7) is 3.39. The molecule has 0 atom stereocenters. The van der Waals surface area contributed by atoms with Gasteiger partial charge in [-0.2, -0.15) is 15.0 Å². The van der Waals surface area contributed by atoms with E-state index in [2.05, 4.69) is 25.2 Å². The van der Waals surface area contributed by atoms with Crippen LogP contribution in [0.5, 0.6) is 6.01 Å². The Morgan fingerprint density at radius 2 is 2.24 bits per heavy atom. The molecule has 2 aromatic rings. The van der Waals surface area contributed by atoms with E-state index in [1.165, 1.54) is 0 Å². The molecule has 1 saturated carbocycles. The van der Waals surface area contributed by atoms with Gasteiger partial charge in [-0.3, -0.25) is 0 Å². The lowest BCUT2D eigenvalue weighted by Crippen LogP contribution is -2.27. The molecular weight excluding hydrogens is 270 g/mol. The maximum atomic E-state index is 5.44. The Bertz CT molecular complexity index is 583. The standard InChI is InChI=1S/C14H19N5O2/c1-3-15-12-16-13(18-14(17-12)20-2)19(10-6-7-10)9-11-5-4-8-21-11/h4-5,8,10H,3,6-7,9H2,1-2H3,(H,15,16,17,18). The quantitative estimate of drug-likeness (QED) is 0.836. The van der Waals surface area contributed by atoms with Crippen LogP contribution < -0.4 is 15.0 Å². The second-order valence-electron chi connectivity index (χ2n) is 4.91. The number of aromatic nitrogens is 3. The molecule has 1 aliphatic rings. The van der Waals surface area contributed by atoms with Gasteiger partial charge in [-0.25, -0.2) is 0 Å². The molecule has 7 nitrogen and oxygen atoms in total. The number of ether oxygens (including phenoxy) is 1. The van der Waals surface area contributed by atoms with Gasteiger partial charge in [-0.05, 0) is 31.9 Å². The lowest BCUT2D eigenvalue weighted by molar-refractivity contribution is 0.378. The summed E-state index contributed by atoms with van der Waals surface area (Å²) < 4.78 is 10.6. The van der Waals surface area contributed by atoms with Gasteiger partial charge in [-0.15, -0.1) is 0 Å². The molecule has 1 N–H and O–H groups in total. The molecule has 0 unspecified atom stereocenters. The third-order valence-electron chi connectivity index (χ3n) is 3.27. The molecule has 2 heterocycles. The van der Waals surface area contributed by atoms with Crippen molar-refractivity contribution >= 4 is 11.9 Å². The van der Waals surface area contributed by atoms with Crippen molar-refractivity contribution in [3.05, 3.63) is 24.2 Å². The Hall–Kier alpha value is -2.31. The van der Waals surface area contributed by atoms with Crippen LogP contribution in [0.2, 0.25) is 0 Å². The molecule has 1 aliphatic carbocycles. The van der Waals surface area contributed by atoms with Crippen LogP contribution in [-0.2, 0) is 6.54 Å². The van der Waals surface area contributed by atoms with E-state index in [4.69, 9.17) is 9.15 Å². The van der Waals surface area contributed by atoms with Gasteiger partial charge in [-0.1, -0.05) is 0 Å². The molecule has 0 radical (unpaired) electrons. The molecule has 7 heteroatoms. The molecule has 2 aromatic heterocycles. The Kier molecular flexibility index (Phi) is 3.89. The second kappa shape index (κ2) is 5.99. The van der Waals surface area contributed by atoms with Crippen molar-refractivity contribution in [3.63, 3.8) is 0 Å². The number of furan rings is 1. The van der Waals surface area contributed by atoms with E-state index in [1.807, 2.05) is 19.1 Å². The van der Waals surface area contributed by atoms with E-state index >= 15 is 0 Å². The SMILES string of the molecule is CCNc1nc(OC)nc(N(Cc2ccco2)C2CC2)n1. The van der Waals surface area contributed by atoms with E-state index in [0.717, 1.165) is 25.1 Å². The van der Waals surface area contributed by atoms with Crippen LogP contribution >= 0.6 is 0 Å². The largest absolute Gasteiger partial charge is 0.467 e. The van der Waals surface area contributed by atoms with Crippen molar-refractivity contribution < 1.29 is 9.15 Å². The molecule has 0 saturated heterocycles. The summed E-state index contributed by atoms with van der Waals surface area (Å²) in [6.07, 6.45) is 3.97. The Morgan fingerprint density at radius 1 is 1.38 bits per heavy atom. The molecule has 0 aliphatic heterocycles. The maximum Gasteiger partial charge on any atom is 0.322 e. The Morgan fingerprint density at radius 3 is 2.86 bits per heavy atom. The third-order valence-corrected chi connectivity index (χ3v) is 3.27. The normalized spacial score (nSPS) is 14.0. The topological polar surface area (TPSA) is 76.3 Å². The summed E-state index contributed by atoms with van der Waals surface area (Å²) in [5.41, 5.74) is 0. The van der Waals surface area contributed by atoms with E-state index < -0.39 is 0 Å². The number of anilines is 2. The zero-order valence-corrected chi connectivity index (χ0v) is 12.2. The van der Waals surface area contributed by atoms with Gasteiger partial charge in [0, 0.05) is 12.6 Å². The zero-order chi connectivity index (χ0) is 14.7. The first-order valence-corrected chi connectivity index (χ1v) is 7.13. The van der Waals surface area contributed by atoms with Crippen LogP contribution in [0.25, 0.3) is 0 Å². The van der Waals surface area contributed by atoms with Crippen LogP contribution in [0.1, 0.15) is 25.5 Å². The summed E-state index contributed by atoms with van der Waals surface area (Å²) in [4.78, 5) is 15.2. The lowest BCUT2D eigenvalue weighted by Gasteiger charge is -2.21. The number of nitrogens with zero attached hydrogens (tertiary/aromatic N) is 4. The van der Waals surface area contributed by atoms with Gasteiger partial charge < -0.3 is 19.4 Å². The van der Waals surface area contributed by atoms with Gasteiger partial charge in [0.1, 0.15) is 5.76 Å². The minimum Gasteiger partial charge on any atom is -0.467 e. The molecule has 1 fully saturated rings. The highest BCUT2D eigenvalue weighted by Gasteiger charge is 2.32. The van der Waals surface area contributed by atoms with E-state index in [-0.39, 0.29) is 0 Å². The zero-order valence-electron chi connectivity index (χ0n) is 12.2. The summed E-state index contributed by atoms with van der Waals surface area (Å²) in [5, 5.41) is 3.10. The van der Waals surface area contributed by atoms with E-state index in [0.29, 0.717) is 30.5 Å². The fourth-order valence-corrected chi connectivity index (χ4v) is 2.12. The average molecular weight is 289 g/mol. The fraction of sp³-hybridized carbons (Fsp3) is 0.500. The van der Waals surface area contributed by atoms with Gasteiger partial charge in [0.05, 0.1) is 19.9 Å². The first-order chi connectivity index (χ1) is 10.3. The number of hydrogen-bond acceptors (Lipinski definition) is 7. The van der Waals surface area contributed by atoms with Gasteiger partial charge >= 0.3 is 6.01 Å². The predicted molar refractivity (Wildman–Crippen MR) is 78.5 cm³/mol. The van der Waals surface area contributed by atoms with Crippen LogP contribution in [-0.4, -0.2) is 34.6 Å². The van der Waals surface area contributed by atoms with Crippen molar-refractivity contribution in [2.75, 3.05) is 23.9 Å². The smallest absolute Gasteiger partial charge is 0.322 e. The van der Waals surface area contributed by atoms with Crippen LogP contribution in [0, 0.1) is 0 Å². The van der Waals surface area contributed by atoms with Crippen molar-refractivity contribution in [1.82, 2.24) is 15.0 Å². The maximum absolute atomic E-state index is 5.44. The molecular formula is C14H19N5O2. The van der Waals surface area contributed by atoms with Crippen molar-refractivity contribution in [2.45, 2.75) is 32.4 Å². The van der Waals surface area contributed by atoms with Crippen LogP contribution in [0.3, 0.4) is 0 Å². The summed E-state index contributed by atoms with van der Waals surface area (Å²) in [7, 11) is 1.56. The van der Waals surface area contributed by atoms with Crippen molar-refractivity contribution in [3.8, 4) is 6.01 Å². The van der Waals surface area contributed by atoms with Gasteiger partial charge in [0.25, 0.3) is 0 Å². The van der Waals surface area contributed by atoms with E-state index in [9.17, 15) is 0 Å². The molecule has 112 valence electrons. The minimum absolute atomic E-state index is 0.320. The number of hydrogen-bond donors (Lipinski definition) is 1. The third kappa shape index (κ3) is 3.24. The Balaban J connectivity index is 1.88. The monoisotopic (exact) mass is 289 g/mol. The van der Waals surface area contributed by atoms with Crippen molar-refractivity contribution in [2.24, 2.45) is 0 Å². The number of rotatable bonds is 7. The highest BCUT2D eigenvalue weighted by atomic mass is 16.5. The predicted octanol–water partition coefficient (Wildman–Crippen LogP) is 2.07. The first-order valence-electron chi connectivity index (χ1n) is 7.13. The molecule has 0 aromatic carbocycles. The summed E-state index contributed by atoms with van der Waals surface area (Å²) >= 11 is 0. The number of nitrogens with one attached hydrogen (secondary N) is 1. The second-order valence-corrected chi connectivity index (χ2v) is 4.91. The Labute approximate surface area is 123 Å². The highest BCUT2D eigenvalue weighted by molar-refractivity contribution is 5.41. The molecule has 0 amide bonds. The van der Waals surface area contributed by atoms with Crippen LogP contribution in [0.15, 0.2) is 22.8 Å². The van der Waals surface area contributed by atoms with Gasteiger partial charge in [0.15, 0.2) is 0 Å². The fourth-order valence-electron chi connectivity index (χ4n) is 2.12. The van der Waals surface area contributed by atoms with Gasteiger partial charge in [0.2, 0.25) is 11.9 Å². The molecule has 3 rings (SSSR count). The molecule has 0 bridgehead atoms. The summed E-state index contributed by atoms with van der Waals surface area (Å²) in [6, 6.07) is 4.62. The average Bonchev–Trinajstić information content (AvgIpc) is 3.21. The van der Waals surface area contributed by atoms with E-state index in [1.54, 1.807) is 13.4 Å². The lowest BCUT2D eigenvalue weighted by atomic mass is 10.4. The number of methoxy groups -OCH3 is 1.